The Morgan fingerprint density at radius 1 is 1.00 bits per heavy atom. The maximum Gasteiger partial charge on any atom is 0.337 e. The van der Waals surface area contributed by atoms with Crippen LogP contribution in [-0.4, -0.2) is 34.3 Å². The fraction of sp³-hybridized carbons (Fsp3) is 0.409. The van der Waals surface area contributed by atoms with E-state index in [0.717, 1.165) is 16.7 Å². The molecular formula is C22H30O3Si2. The zero-order valence-corrected chi connectivity index (χ0v) is 19.2. The predicted molar refractivity (Wildman–Crippen MR) is 117 cm³/mol. The molecule has 1 heterocycles. The lowest BCUT2D eigenvalue weighted by atomic mass is 9.97. The fourth-order valence-corrected chi connectivity index (χ4v) is 14.5. The van der Waals surface area contributed by atoms with Crippen molar-refractivity contribution in [3.63, 3.8) is 0 Å². The molecule has 0 fully saturated rings. The van der Waals surface area contributed by atoms with Crippen LogP contribution in [0.5, 0.6) is 0 Å². The van der Waals surface area contributed by atoms with E-state index in [1.807, 2.05) is 12.1 Å². The Hall–Kier alpha value is -1.70. The van der Waals surface area contributed by atoms with E-state index in [-0.39, 0.29) is 5.97 Å². The third kappa shape index (κ3) is 3.68. The highest BCUT2D eigenvalue weighted by Gasteiger charge is 2.40. The van der Waals surface area contributed by atoms with Crippen LogP contribution < -0.4 is 10.4 Å². The maximum absolute atomic E-state index is 11.6. The minimum atomic E-state index is -1.47. The summed E-state index contributed by atoms with van der Waals surface area (Å²) >= 11 is 0. The van der Waals surface area contributed by atoms with Gasteiger partial charge >= 0.3 is 5.97 Å². The van der Waals surface area contributed by atoms with E-state index < -0.39 is 22.3 Å². The molecule has 0 saturated carbocycles. The number of aryl methyl sites for hydroxylation is 1. The molecule has 1 aliphatic heterocycles. The van der Waals surface area contributed by atoms with Crippen LogP contribution in [0.3, 0.4) is 0 Å². The lowest BCUT2D eigenvalue weighted by molar-refractivity contribution is 0.0600. The van der Waals surface area contributed by atoms with E-state index in [2.05, 4.69) is 45.2 Å². The topological polar surface area (TPSA) is 46.5 Å². The second kappa shape index (κ2) is 7.04. The smallest absolute Gasteiger partial charge is 0.337 e. The van der Waals surface area contributed by atoms with Gasteiger partial charge < -0.3 is 9.84 Å². The lowest BCUT2D eigenvalue weighted by Gasteiger charge is -2.40. The summed E-state index contributed by atoms with van der Waals surface area (Å²) in [5.41, 5.74) is 3.45. The largest absolute Gasteiger partial charge is 0.465 e. The molecule has 3 nitrogen and oxygen atoms in total. The molecule has 5 heteroatoms. The summed E-state index contributed by atoms with van der Waals surface area (Å²) in [7, 11) is -1.49. The second-order valence-electron chi connectivity index (χ2n) is 9.04. The van der Waals surface area contributed by atoms with E-state index in [9.17, 15) is 9.90 Å². The minimum absolute atomic E-state index is 0.360. The molecule has 1 N–H and O–H groups in total. The van der Waals surface area contributed by atoms with E-state index >= 15 is 0 Å². The summed E-state index contributed by atoms with van der Waals surface area (Å²) in [6, 6.07) is 14.4. The van der Waals surface area contributed by atoms with Gasteiger partial charge in [0.25, 0.3) is 0 Å². The van der Waals surface area contributed by atoms with E-state index in [1.54, 1.807) is 17.3 Å². The van der Waals surface area contributed by atoms with Gasteiger partial charge in [0.1, 0.15) is 6.10 Å². The van der Waals surface area contributed by atoms with Gasteiger partial charge in [-0.25, -0.2) is 4.79 Å². The maximum atomic E-state index is 11.6. The first kappa shape index (κ1) is 20.0. The number of aliphatic hydroxyl groups is 1. The molecule has 0 aromatic heterocycles. The van der Waals surface area contributed by atoms with Crippen LogP contribution in [0.15, 0.2) is 36.4 Å². The van der Waals surface area contributed by atoms with Gasteiger partial charge in [-0.15, -0.1) is 0 Å². The molecule has 0 radical (unpaired) electrons. The molecule has 2 aromatic rings. The van der Waals surface area contributed by atoms with E-state index in [4.69, 9.17) is 4.74 Å². The predicted octanol–water partition coefficient (Wildman–Crippen LogP) is 3.71. The number of ether oxygens (including phenoxy) is 1. The first-order chi connectivity index (χ1) is 12.6. The van der Waals surface area contributed by atoms with Crippen molar-refractivity contribution < 1.29 is 14.6 Å². The number of hydrogen-bond donors (Lipinski definition) is 1. The molecule has 0 bridgehead atoms. The molecule has 1 atom stereocenters. The summed E-state index contributed by atoms with van der Waals surface area (Å²) in [5.74, 6) is -0.360. The van der Waals surface area contributed by atoms with Crippen LogP contribution in [0.1, 0.15) is 33.2 Å². The van der Waals surface area contributed by atoms with Gasteiger partial charge in [-0.2, -0.15) is 0 Å². The molecule has 27 heavy (non-hydrogen) atoms. The van der Waals surface area contributed by atoms with Gasteiger partial charge in [0.05, 0.1) is 28.8 Å². The number of fused-ring (bicyclic) bond motifs is 1. The van der Waals surface area contributed by atoms with E-state index in [0.29, 0.717) is 5.56 Å². The van der Waals surface area contributed by atoms with Crippen LogP contribution in [0.25, 0.3) is 0 Å². The number of rotatable bonds is 3. The highest BCUT2D eigenvalue weighted by atomic mass is 28.3. The molecule has 0 spiro atoms. The molecule has 1 unspecified atom stereocenters. The quantitative estimate of drug-likeness (QED) is 0.633. The van der Waals surface area contributed by atoms with Crippen molar-refractivity contribution in [2.75, 3.05) is 7.11 Å². The molecule has 0 aliphatic carbocycles. The summed E-state index contributed by atoms with van der Waals surface area (Å²) in [5, 5.41) is 14.2. The van der Waals surface area contributed by atoms with Crippen LogP contribution in [-0.2, 0) is 4.74 Å². The first-order valence-corrected chi connectivity index (χ1v) is 16.0. The zero-order valence-electron chi connectivity index (χ0n) is 17.2. The summed E-state index contributed by atoms with van der Waals surface area (Å²) < 4.78 is 4.75. The Morgan fingerprint density at radius 3 is 2.04 bits per heavy atom. The Kier molecular flexibility index (Phi) is 5.23. The van der Waals surface area contributed by atoms with Crippen molar-refractivity contribution in [2.24, 2.45) is 0 Å². The van der Waals surface area contributed by atoms with Crippen LogP contribution in [0.4, 0.5) is 0 Å². The number of carbonyl (C=O) groups is 1. The zero-order chi connectivity index (χ0) is 20.0. The van der Waals surface area contributed by atoms with Crippen molar-refractivity contribution in [1.29, 1.82) is 0 Å². The second-order valence-corrected chi connectivity index (χ2v) is 18.7. The normalized spacial score (nSPS) is 18.5. The Balaban J connectivity index is 2.03. The van der Waals surface area contributed by atoms with Gasteiger partial charge in [-0.1, -0.05) is 72.9 Å². The summed E-state index contributed by atoms with van der Waals surface area (Å²) in [6.07, 6.45) is -0.682. The average Bonchev–Trinajstić information content (AvgIpc) is 2.64. The SMILES string of the molecule is COC(=O)c1ccc(C(O)c2cc3c(cc2C)[Si](C)(C)CC[Si]3(C)C)cc1. The molecule has 0 amide bonds. The standard InChI is InChI=1S/C22H30O3Si2/c1-15-13-19-20(27(5,6)12-11-26(19,3)4)14-18(15)21(23)16-7-9-17(10-8-16)22(24)25-2/h7-10,13-14,21,23H,11-12H2,1-6H3. The highest BCUT2D eigenvalue weighted by Crippen LogP contribution is 2.30. The van der Waals surface area contributed by atoms with Crippen molar-refractivity contribution in [1.82, 2.24) is 0 Å². The lowest BCUT2D eigenvalue weighted by Crippen LogP contribution is -2.63. The molecule has 1 aliphatic rings. The fourth-order valence-electron chi connectivity index (χ4n) is 4.13. The number of aliphatic hydroxyl groups excluding tert-OH is 1. The van der Waals surface area contributed by atoms with Gasteiger partial charge in [0.2, 0.25) is 0 Å². The monoisotopic (exact) mass is 398 g/mol. The number of methoxy groups -OCH3 is 1. The van der Waals surface area contributed by atoms with Crippen molar-refractivity contribution in [2.45, 2.75) is 51.3 Å². The molecule has 3 rings (SSSR count). The number of benzene rings is 2. The van der Waals surface area contributed by atoms with Gasteiger partial charge in [-0.05, 0) is 35.7 Å². The van der Waals surface area contributed by atoms with Gasteiger partial charge in [0, 0.05) is 0 Å². The van der Waals surface area contributed by atoms with Crippen molar-refractivity contribution in [3.8, 4) is 0 Å². The van der Waals surface area contributed by atoms with Crippen LogP contribution in [0.2, 0.25) is 38.3 Å². The molecular weight excluding hydrogens is 368 g/mol. The molecule has 144 valence electrons. The molecule has 2 aromatic carbocycles. The summed E-state index contributed by atoms with van der Waals surface area (Å²) in [4.78, 5) is 11.6. The third-order valence-electron chi connectivity index (χ3n) is 6.18. The highest BCUT2D eigenvalue weighted by molar-refractivity contribution is 7.03. The average molecular weight is 399 g/mol. The Labute approximate surface area is 164 Å². The van der Waals surface area contributed by atoms with Crippen LogP contribution >= 0.6 is 0 Å². The minimum Gasteiger partial charge on any atom is -0.465 e. The van der Waals surface area contributed by atoms with E-state index in [1.165, 1.54) is 24.4 Å². The number of esters is 1. The number of hydrogen-bond acceptors (Lipinski definition) is 3. The number of carbonyl (C=O) groups excluding carboxylic acids is 1. The molecule has 0 saturated heterocycles. The first-order valence-electron chi connectivity index (χ1n) is 9.59. The van der Waals surface area contributed by atoms with Gasteiger partial charge in [-0.3, -0.25) is 0 Å². The summed E-state index contributed by atoms with van der Waals surface area (Å²) in [6.45, 7) is 11.9. The van der Waals surface area contributed by atoms with Crippen LogP contribution in [0, 0.1) is 6.92 Å². The van der Waals surface area contributed by atoms with Gasteiger partial charge in [0.15, 0.2) is 0 Å². The third-order valence-corrected chi connectivity index (χ3v) is 13.7. The van der Waals surface area contributed by atoms with Crippen molar-refractivity contribution in [3.05, 3.63) is 58.7 Å². The van der Waals surface area contributed by atoms with Crippen molar-refractivity contribution >= 4 is 32.5 Å². The Bertz CT molecular complexity index is 870. The Morgan fingerprint density at radius 2 is 1.52 bits per heavy atom.